The number of amides is 4. The number of carboxylic acids is 1. The minimum absolute atomic E-state index is 0.0624. The van der Waals surface area contributed by atoms with Crippen molar-refractivity contribution in [3.05, 3.63) is 114 Å². The number of rotatable bonds is 18. The van der Waals surface area contributed by atoms with Crippen LogP contribution in [0.25, 0.3) is 21.7 Å². The Labute approximate surface area is 337 Å². The lowest BCUT2D eigenvalue weighted by Gasteiger charge is -2.34. The molecular weight excluding hydrogens is 737 g/mol. The first-order valence-corrected chi connectivity index (χ1v) is 19.9. The van der Waals surface area contributed by atoms with Crippen molar-refractivity contribution in [1.29, 1.82) is 0 Å². The quantitative estimate of drug-likeness (QED) is 0.0648. The van der Waals surface area contributed by atoms with Crippen LogP contribution in [0.15, 0.2) is 97.5 Å². The van der Waals surface area contributed by atoms with E-state index < -0.39 is 53.8 Å². The Morgan fingerprint density at radius 3 is 2.14 bits per heavy atom. The number of aliphatic carboxylic acids is 1. The number of fused-ring (bicyclic) bond motifs is 2. The normalized spacial score (nSPS) is 15.3. The third-order valence-electron chi connectivity index (χ3n) is 10.9. The van der Waals surface area contributed by atoms with Gasteiger partial charge < -0.3 is 42.4 Å². The summed E-state index contributed by atoms with van der Waals surface area (Å²) in [6.07, 6.45) is 7.63. The van der Waals surface area contributed by atoms with Gasteiger partial charge in [0.2, 0.25) is 23.6 Å². The monoisotopic (exact) mass is 788 g/mol. The van der Waals surface area contributed by atoms with Gasteiger partial charge in [0.15, 0.2) is 0 Å². The van der Waals surface area contributed by atoms with E-state index in [-0.39, 0.29) is 38.3 Å². The van der Waals surface area contributed by atoms with Crippen molar-refractivity contribution in [2.45, 2.75) is 75.5 Å². The SMILES string of the molecule is NCCCC[C@H](N)C(=O)N[C@@H](Cc1cccnc1)C(=O)N[C@H](Cc1c[nH]c2ccccc12)C(=O)N[C@H](Cc1cccc2ccccc12)C(=O)N1CCC(C(=O)O)CC1. The molecule has 1 aliphatic heterocycles. The predicted octanol–water partition coefficient (Wildman–Crippen LogP) is 2.98. The highest BCUT2D eigenvalue weighted by Gasteiger charge is 2.35. The van der Waals surface area contributed by atoms with Crippen LogP contribution in [-0.2, 0) is 43.2 Å². The summed E-state index contributed by atoms with van der Waals surface area (Å²) in [6, 6.07) is 20.5. The molecular formula is C44H52N8O6. The lowest BCUT2D eigenvalue weighted by atomic mass is 9.94. The Kier molecular flexibility index (Phi) is 14.2. The Bertz CT molecular complexity index is 2200. The van der Waals surface area contributed by atoms with Crippen molar-refractivity contribution in [2.24, 2.45) is 17.4 Å². The van der Waals surface area contributed by atoms with Gasteiger partial charge in [-0.25, -0.2) is 0 Å². The molecule has 0 spiro atoms. The zero-order chi connectivity index (χ0) is 41.0. The molecule has 4 atom stereocenters. The van der Waals surface area contributed by atoms with Crippen molar-refractivity contribution in [2.75, 3.05) is 19.6 Å². The van der Waals surface area contributed by atoms with E-state index in [2.05, 4.69) is 25.9 Å². The van der Waals surface area contributed by atoms with E-state index in [0.29, 0.717) is 44.2 Å². The number of piperidine rings is 1. The molecule has 14 heteroatoms. The molecule has 0 aliphatic carbocycles. The lowest BCUT2D eigenvalue weighted by Crippen LogP contribution is -2.59. The summed E-state index contributed by atoms with van der Waals surface area (Å²) in [7, 11) is 0. The largest absolute Gasteiger partial charge is 0.481 e. The first kappa shape index (κ1) is 41.5. The number of likely N-dealkylation sites (tertiary alicyclic amines) is 1. The summed E-state index contributed by atoms with van der Waals surface area (Å²) < 4.78 is 0. The summed E-state index contributed by atoms with van der Waals surface area (Å²) in [5, 5.41) is 21.1. The van der Waals surface area contributed by atoms with E-state index >= 15 is 0 Å². The zero-order valence-corrected chi connectivity index (χ0v) is 32.4. The van der Waals surface area contributed by atoms with E-state index in [4.69, 9.17) is 11.5 Å². The van der Waals surface area contributed by atoms with Gasteiger partial charge in [-0.15, -0.1) is 0 Å². The van der Waals surface area contributed by atoms with Gasteiger partial charge in [0.1, 0.15) is 18.1 Å². The highest BCUT2D eigenvalue weighted by Crippen LogP contribution is 2.24. The maximum absolute atomic E-state index is 14.7. The predicted molar refractivity (Wildman–Crippen MR) is 221 cm³/mol. The average molecular weight is 789 g/mol. The first-order chi connectivity index (χ1) is 28.1. The summed E-state index contributed by atoms with van der Waals surface area (Å²) in [5.41, 5.74) is 15.0. The van der Waals surface area contributed by atoms with Crippen molar-refractivity contribution >= 4 is 51.3 Å². The van der Waals surface area contributed by atoms with Gasteiger partial charge in [0, 0.05) is 61.8 Å². The molecule has 3 heterocycles. The highest BCUT2D eigenvalue weighted by molar-refractivity contribution is 5.96. The molecule has 9 N–H and O–H groups in total. The minimum atomic E-state index is -1.18. The highest BCUT2D eigenvalue weighted by atomic mass is 16.4. The number of hydrogen-bond donors (Lipinski definition) is 7. The maximum Gasteiger partial charge on any atom is 0.306 e. The van der Waals surface area contributed by atoms with Gasteiger partial charge in [-0.1, -0.05) is 73.2 Å². The van der Waals surface area contributed by atoms with Gasteiger partial charge in [0.05, 0.1) is 12.0 Å². The molecule has 0 saturated carbocycles. The summed E-state index contributed by atoms with van der Waals surface area (Å²) in [4.78, 5) is 77.5. The van der Waals surface area contributed by atoms with Gasteiger partial charge in [-0.05, 0) is 71.8 Å². The number of hydrogen-bond acceptors (Lipinski definition) is 8. The zero-order valence-electron chi connectivity index (χ0n) is 32.4. The standard InChI is InChI=1S/C44H52N8O6/c45-19-6-5-15-35(46)40(53)49-37(23-28-9-8-20-47-26-28)41(54)50-38(25-32-27-48-36-16-4-3-14-34(32)36)42(55)51-39(43(56)52-21-17-30(18-22-52)44(57)58)24-31-12-7-11-29-10-1-2-13-33(29)31/h1-4,7-14,16,20,26-27,30,35,37-39,48H,5-6,15,17-19,21-25,45-46H2,(H,49,53)(H,50,54)(H,51,55)(H,57,58)/t35-,37-,38+,39+/m0/s1. The van der Waals surface area contributed by atoms with Crippen LogP contribution in [0.3, 0.4) is 0 Å². The van der Waals surface area contributed by atoms with E-state index in [0.717, 1.165) is 32.8 Å². The number of benzene rings is 3. The Morgan fingerprint density at radius 2 is 1.41 bits per heavy atom. The van der Waals surface area contributed by atoms with Crippen LogP contribution in [0.4, 0.5) is 0 Å². The number of unbranched alkanes of at least 4 members (excludes halogenated alkanes) is 1. The second-order valence-corrected chi connectivity index (χ2v) is 15.0. The van der Waals surface area contributed by atoms with E-state index in [1.807, 2.05) is 66.7 Å². The van der Waals surface area contributed by atoms with E-state index in [9.17, 15) is 29.1 Å². The maximum atomic E-state index is 14.7. The molecule has 5 aromatic rings. The molecule has 0 unspecified atom stereocenters. The Balaban J connectivity index is 1.30. The number of nitrogens with zero attached hydrogens (tertiary/aromatic N) is 2. The Hall–Kier alpha value is -6.12. The smallest absolute Gasteiger partial charge is 0.306 e. The van der Waals surface area contributed by atoms with Crippen molar-refractivity contribution in [3.8, 4) is 0 Å². The number of nitrogens with two attached hydrogens (primary N) is 2. The first-order valence-electron chi connectivity index (χ1n) is 19.9. The molecule has 304 valence electrons. The number of nitrogens with one attached hydrogen (secondary N) is 4. The van der Waals surface area contributed by atoms with E-state index in [1.54, 1.807) is 35.6 Å². The second kappa shape index (κ2) is 19.8. The van der Waals surface area contributed by atoms with Crippen LogP contribution in [0.5, 0.6) is 0 Å². The van der Waals surface area contributed by atoms with Crippen LogP contribution in [0.1, 0.15) is 48.8 Å². The number of aromatic amines is 1. The number of pyridine rings is 1. The van der Waals surface area contributed by atoms with Gasteiger partial charge in [-0.3, -0.25) is 29.0 Å². The molecule has 1 saturated heterocycles. The third kappa shape index (κ3) is 10.6. The summed E-state index contributed by atoms with van der Waals surface area (Å²) in [6.45, 7) is 0.937. The number of aromatic nitrogens is 2. The number of para-hydroxylation sites is 1. The van der Waals surface area contributed by atoms with Crippen LogP contribution in [0.2, 0.25) is 0 Å². The van der Waals surface area contributed by atoms with Crippen LogP contribution in [-0.4, -0.2) is 93.4 Å². The molecule has 3 aromatic carbocycles. The molecule has 1 aliphatic rings. The second-order valence-electron chi connectivity index (χ2n) is 15.0. The molecule has 4 amide bonds. The topological polar surface area (TPSA) is 226 Å². The third-order valence-corrected chi connectivity index (χ3v) is 10.9. The summed E-state index contributed by atoms with van der Waals surface area (Å²) >= 11 is 0. The fourth-order valence-corrected chi connectivity index (χ4v) is 7.61. The van der Waals surface area contributed by atoms with E-state index in [1.165, 1.54) is 0 Å². The molecule has 0 radical (unpaired) electrons. The number of carbonyl (C=O) groups is 5. The van der Waals surface area contributed by atoms with Crippen molar-refractivity contribution < 1.29 is 29.1 Å². The molecule has 0 bridgehead atoms. The number of carboxylic acid groups (broad SMARTS) is 1. The molecule has 2 aromatic heterocycles. The molecule has 58 heavy (non-hydrogen) atoms. The van der Waals surface area contributed by atoms with Crippen molar-refractivity contribution in [3.63, 3.8) is 0 Å². The fraction of sp³-hybridized carbons (Fsp3) is 0.364. The van der Waals surface area contributed by atoms with Crippen molar-refractivity contribution in [1.82, 2.24) is 30.8 Å². The number of H-pyrrole nitrogens is 1. The average Bonchev–Trinajstić information content (AvgIpc) is 3.65. The molecule has 6 rings (SSSR count). The van der Waals surface area contributed by atoms with Gasteiger partial charge in [0.25, 0.3) is 0 Å². The Morgan fingerprint density at radius 1 is 0.759 bits per heavy atom. The van der Waals surface area contributed by atoms with Crippen LogP contribution in [0, 0.1) is 5.92 Å². The summed E-state index contributed by atoms with van der Waals surface area (Å²) in [5.74, 6) is -3.50. The minimum Gasteiger partial charge on any atom is -0.481 e. The molecule has 14 nitrogen and oxygen atoms in total. The van der Waals surface area contributed by atoms with Gasteiger partial charge >= 0.3 is 5.97 Å². The van der Waals surface area contributed by atoms with Gasteiger partial charge in [-0.2, -0.15) is 0 Å². The van der Waals surface area contributed by atoms with Crippen LogP contribution >= 0.6 is 0 Å². The number of carbonyl (C=O) groups excluding carboxylic acids is 4. The lowest BCUT2D eigenvalue weighted by molar-refractivity contribution is -0.146. The molecule has 1 fully saturated rings. The van der Waals surface area contributed by atoms with Crippen LogP contribution < -0.4 is 27.4 Å². The fourth-order valence-electron chi connectivity index (χ4n) is 7.61.